The van der Waals surface area contributed by atoms with E-state index in [0.717, 1.165) is 33.3 Å². The van der Waals surface area contributed by atoms with Gasteiger partial charge in [0.05, 0.1) is 28.9 Å². The summed E-state index contributed by atoms with van der Waals surface area (Å²) in [4.78, 5) is 21.1. The van der Waals surface area contributed by atoms with Crippen LogP contribution in [0, 0.1) is 18.3 Å². The summed E-state index contributed by atoms with van der Waals surface area (Å²) in [6, 6.07) is 6.10. The number of aryl methyl sites for hydroxylation is 1. The molecule has 0 bridgehead atoms. The Hall–Kier alpha value is -3.51. The third-order valence-electron chi connectivity index (χ3n) is 5.01. The number of hydrogen-bond acceptors (Lipinski definition) is 8. The largest absolute Gasteiger partial charge is 0.424 e. The van der Waals surface area contributed by atoms with E-state index in [1.54, 1.807) is 24.0 Å². The van der Waals surface area contributed by atoms with E-state index in [1.807, 2.05) is 31.2 Å². The second-order valence-electron chi connectivity index (χ2n) is 7.68. The van der Waals surface area contributed by atoms with Gasteiger partial charge >= 0.3 is 0 Å². The molecule has 9 heteroatoms. The van der Waals surface area contributed by atoms with E-state index in [9.17, 15) is 4.79 Å². The number of aromatic nitrogens is 3. The lowest BCUT2D eigenvalue weighted by Gasteiger charge is -2.06. The molecule has 0 radical (unpaired) electrons. The highest BCUT2D eigenvalue weighted by atomic mass is 32.2. The van der Waals surface area contributed by atoms with Crippen LogP contribution in [0.15, 0.2) is 58.2 Å². The molecule has 0 saturated heterocycles. The maximum Gasteiger partial charge on any atom is 0.230 e. The molecule has 4 rings (SSSR count). The van der Waals surface area contributed by atoms with Crippen LogP contribution in [0.5, 0.6) is 0 Å². The molecule has 8 nitrogen and oxygen atoms in total. The zero-order valence-corrected chi connectivity index (χ0v) is 18.5. The van der Waals surface area contributed by atoms with Gasteiger partial charge in [0.25, 0.3) is 0 Å². The van der Waals surface area contributed by atoms with Crippen molar-refractivity contribution in [2.75, 3.05) is 5.75 Å². The summed E-state index contributed by atoms with van der Waals surface area (Å²) in [7, 11) is 0. The molecule has 0 unspecified atom stereocenters. The van der Waals surface area contributed by atoms with E-state index in [4.69, 9.17) is 9.68 Å². The van der Waals surface area contributed by atoms with E-state index < -0.39 is 5.54 Å². The van der Waals surface area contributed by atoms with Gasteiger partial charge in [-0.3, -0.25) is 9.78 Å². The minimum absolute atomic E-state index is 0.0384. The number of thioether (sulfide) groups is 1. The number of nitriles is 1. The Bertz CT molecular complexity index is 1180. The molecule has 1 aliphatic carbocycles. The Morgan fingerprint density at radius 1 is 1.41 bits per heavy atom. The van der Waals surface area contributed by atoms with Crippen molar-refractivity contribution in [3.63, 3.8) is 0 Å². The molecule has 0 aromatic carbocycles. The molecule has 1 saturated carbocycles. The van der Waals surface area contributed by atoms with Gasteiger partial charge in [0, 0.05) is 11.9 Å². The number of nitrogens with zero attached hydrogens (tertiary/aromatic N) is 5. The molecule has 0 spiro atoms. The number of carbonyl (C=O) groups is 1. The van der Waals surface area contributed by atoms with Gasteiger partial charge < -0.3 is 9.73 Å². The Balaban J connectivity index is 1.36. The Morgan fingerprint density at radius 3 is 2.94 bits per heavy atom. The topological polar surface area (TPSA) is 117 Å². The molecule has 162 valence electrons. The van der Waals surface area contributed by atoms with Crippen LogP contribution in [0.1, 0.15) is 35.9 Å². The van der Waals surface area contributed by atoms with Crippen molar-refractivity contribution in [2.45, 2.75) is 38.1 Å². The van der Waals surface area contributed by atoms with Gasteiger partial charge in [-0.25, -0.2) is 4.99 Å². The monoisotopic (exact) mass is 446 g/mol. The van der Waals surface area contributed by atoms with Gasteiger partial charge in [0.15, 0.2) is 0 Å². The van der Waals surface area contributed by atoms with E-state index >= 15 is 0 Å². The number of hydrogen-bond donors (Lipinski definition) is 1. The van der Waals surface area contributed by atoms with Crippen molar-refractivity contribution in [2.24, 2.45) is 4.99 Å². The van der Waals surface area contributed by atoms with Crippen molar-refractivity contribution in [3.8, 4) is 6.07 Å². The summed E-state index contributed by atoms with van der Waals surface area (Å²) in [5, 5.41) is 20.6. The van der Waals surface area contributed by atoms with Crippen molar-refractivity contribution < 1.29 is 9.21 Å². The summed E-state index contributed by atoms with van der Waals surface area (Å²) in [6.45, 7) is 5.91. The van der Waals surface area contributed by atoms with Crippen LogP contribution >= 0.6 is 11.8 Å². The number of aliphatic imine (C=N–C) groups is 1. The van der Waals surface area contributed by atoms with Crippen LogP contribution in [0.4, 0.5) is 0 Å². The SMILES string of the molecule is C=C/C(=C\C=C1/CSC(Cc2nnc(CC(=O)NC3(C#N)CC3)o2)=N1)c1cc(C)ccn1. The normalized spacial score (nSPS) is 18.2. The van der Waals surface area contributed by atoms with Crippen molar-refractivity contribution in [1.82, 2.24) is 20.5 Å². The average Bonchev–Trinajstić information content (AvgIpc) is 3.17. The molecule has 2 aromatic heterocycles. The molecule has 1 fully saturated rings. The van der Waals surface area contributed by atoms with Gasteiger partial charge in [-0.15, -0.1) is 22.0 Å². The van der Waals surface area contributed by atoms with Crippen molar-refractivity contribution in [3.05, 3.63) is 71.9 Å². The van der Waals surface area contributed by atoms with Crippen LogP contribution in [0.25, 0.3) is 5.57 Å². The molecule has 2 aromatic rings. The zero-order valence-electron chi connectivity index (χ0n) is 17.7. The minimum Gasteiger partial charge on any atom is -0.424 e. The van der Waals surface area contributed by atoms with Gasteiger partial charge in [-0.2, -0.15) is 5.26 Å². The van der Waals surface area contributed by atoms with Crippen LogP contribution in [0.3, 0.4) is 0 Å². The molecule has 2 aliphatic rings. The first-order valence-electron chi connectivity index (χ1n) is 10.2. The Morgan fingerprint density at radius 2 is 2.22 bits per heavy atom. The lowest BCUT2D eigenvalue weighted by atomic mass is 10.1. The summed E-state index contributed by atoms with van der Waals surface area (Å²) < 4.78 is 5.59. The first-order valence-corrected chi connectivity index (χ1v) is 11.2. The molecule has 1 N–H and O–H groups in total. The van der Waals surface area contributed by atoms with E-state index in [0.29, 0.717) is 25.2 Å². The second-order valence-corrected chi connectivity index (χ2v) is 8.73. The minimum atomic E-state index is -0.701. The molecule has 32 heavy (non-hydrogen) atoms. The van der Waals surface area contributed by atoms with Gasteiger partial charge in [-0.05, 0) is 49.1 Å². The van der Waals surface area contributed by atoms with E-state index in [2.05, 4.69) is 38.1 Å². The number of nitrogens with one attached hydrogen (secondary N) is 1. The van der Waals surface area contributed by atoms with Crippen molar-refractivity contribution in [1.29, 1.82) is 5.26 Å². The number of carbonyl (C=O) groups excluding carboxylic acids is 1. The summed E-state index contributed by atoms with van der Waals surface area (Å²) in [5.74, 6) is 1.10. The fraction of sp³-hybridized carbons (Fsp3) is 0.304. The van der Waals surface area contributed by atoms with Crippen LogP contribution in [-0.4, -0.2) is 37.4 Å². The van der Waals surface area contributed by atoms with Crippen LogP contribution in [-0.2, 0) is 17.6 Å². The third-order valence-corrected chi connectivity index (χ3v) is 6.02. The molecule has 1 aliphatic heterocycles. The quantitative estimate of drug-likeness (QED) is 0.618. The molecule has 0 atom stereocenters. The van der Waals surface area contributed by atoms with Crippen LogP contribution < -0.4 is 5.32 Å². The van der Waals surface area contributed by atoms with Gasteiger partial charge in [0.1, 0.15) is 12.0 Å². The van der Waals surface area contributed by atoms with E-state index in [-0.39, 0.29) is 18.2 Å². The maximum atomic E-state index is 12.1. The highest BCUT2D eigenvalue weighted by Gasteiger charge is 2.44. The fourth-order valence-electron chi connectivity index (χ4n) is 3.09. The maximum absolute atomic E-state index is 12.1. The smallest absolute Gasteiger partial charge is 0.230 e. The highest BCUT2D eigenvalue weighted by Crippen LogP contribution is 2.34. The molecular weight excluding hydrogens is 424 g/mol. The number of pyridine rings is 1. The Labute approximate surface area is 190 Å². The van der Waals surface area contributed by atoms with Crippen LogP contribution in [0.2, 0.25) is 0 Å². The summed E-state index contributed by atoms with van der Waals surface area (Å²) in [5.41, 5.74) is 3.17. The van der Waals surface area contributed by atoms with Gasteiger partial charge in [-0.1, -0.05) is 18.7 Å². The molecular formula is C23H22N6O2S. The molecule has 3 heterocycles. The second kappa shape index (κ2) is 9.32. The highest BCUT2D eigenvalue weighted by molar-refractivity contribution is 8.14. The Kier molecular flexibility index (Phi) is 6.32. The zero-order chi connectivity index (χ0) is 22.6. The van der Waals surface area contributed by atoms with E-state index in [1.165, 1.54) is 0 Å². The summed E-state index contributed by atoms with van der Waals surface area (Å²) in [6.07, 6.45) is 9.24. The lowest BCUT2D eigenvalue weighted by Crippen LogP contribution is -2.36. The number of allylic oxidation sites excluding steroid dienone is 4. The first-order chi connectivity index (χ1) is 15.5. The average molecular weight is 447 g/mol. The molecule has 1 amide bonds. The standard InChI is InChI=1S/C23H22N6O2S/c1-3-16(18-10-15(2)6-9-25-18)4-5-17-13-32-22(26-17)12-21-29-28-20(31-21)11-19(30)27-23(14-24)7-8-23/h3-6,9-10H,1,7-8,11-13H2,2H3,(H,27,30)/b16-4+,17-5+. The lowest BCUT2D eigenvalue weighted by molar-refractivity contribution is -0.121. The predicted octanol–water partition coefficient (Wildman–Crippen LogP) is 3.33. The predicted molar refractivity (Wildman–Crippen MR) is 123 cm³/mol. The summed E-state index contributed by atoms with van der Waals surface area (Å²) >= 11 is 1.61. The van der Waals surface area contributed by atoms with Gasteiger partial charge in [0.2, 0.25) is 17.7 Å². The number of amides is 1. The first kappa shape index (κ1) is 21.7. The fourth-order valence-corrected chi connectivity index (χ4v) is 3.98. The third kappa shape index (κ3) is 5.39. The number of rotatable bonds is 8. The van der Waals surface area contributed by atoms with Crippen molar-refractivity contribution >= 4 is 28.3 Å².